The van der Waals surface area contributed by atoms with Gasteiger partial charge in [0.25, 0.3) is 10.0 Å². The lowest BCUT2D eigenvalue weighted by Crippen LogP contribution is -2.17. The van der Waals surface area contributed by atoms with Crippen LogP contribution in [0.5, 0.6) is 0 Å². The Hall–Kier alpha value is -3.39. The number of nitrogens with zero attached hydrogens (tertiary/aromatic N) is 1. The van der Waals surface area contributed by atoms with Crippen LogP contribution < -0.4 is 10.1 Å². The van der Waals surface area contributed by atoms with Crippen molar-refractivity contribution in [3.8, 4) is 0 Å². The highest BCUT2D eigenvalue weighted by Crippen LogP contribution is 2.19. The molecule has 0 saturated heterocycles. The van der Waals surface area contributed by atoms with Crippen LogP contribution in [-0.2, 0) is 10.0 Å². The van der Waals surface area contributed by atoms with Gasteiger partial charge in [-0.2, -0.15) is 5.10 Å². The third-order valence-electron chi connectivity index (χ3n) is 3.65. The number of aryl methyl sites for hydroxylation is 1. The Morgan fingerprint density at radius 2 is 1.78 bits per heavy atom. The number of sulfonamides is 1. The van der Waals surface area contributed by atoms with Crippen LogP contribution in [0.4, 0.5) is 5.69 Å². The number of anilines is 1. The second-order valence-corrected chi connectivity index (χ2v) is 7.36. The predicted molar refractivity (Wildman–Crippen MR) is 102 cm³/mol. The smallest absolute Gasteiger partial charge is 0.307 e. The molecule has 3 rings (SSSR count). The molecule has 7 nitrogen and oxygen atoms in total. The summed E-state index contributed by atoms with van der Waals surface area (Å²) in [6.07, 6.45) is 2.74. The molecule has 0 saturated carbocycles. The molecule has 1 amide bonds. The lowest BCUT2D eigenvalue weighted by Gasteiger charge is -2.10. The van der Waals surface area contributed by atoms with Crippen LogP contribution in [0, 0.1) is 6.92 Å². The molecule has 0 aliphatic rings. The first-order valence-corrected chi connectivity index (χ1v) is 9.49. The molecule has 0 aliphatic heterocycles. The highest BCUT2D eigenvalue weighted by molar-refractivity contribution is 7.92. The Morgan fingerprint density at radius 1 is 1.04 bits per heavy atom. The van der Waals surface area contributed by atoms with E-state index in [1.165, 1.54) is 30.7 Å². The zero-order valence-electron chi connectivity index (χ0n) is 14.4. The van der Waals surface area contributed by atoms with Gasteiger partial charge in [0, 0.05) is 5.56 Å². The van der Waals surface area contributed by atoms with Crippen molar-refractivity contribution in [1.29, 1.82) is 0 Å². The summed E-state index contributed by atoms with van der Waals surface area (Å²) >= 11 is 0. The Morgan fingerprint density at radius 3 is 2.48 bits per heavy atom. The van der Waals surface area contributed by atoms with E-state index in [2.05, 4.69) is 15.2 Å². The van der Waals surface area contributed by atoms with Crippen LogP contribution in [0.2, 0.25) is 0 Å². The molecule has 2 N–H and O–H groups in total. The van der Waals surface area contributed by atoms with E-state index in [0.717, 1.165) is 5.56 Å². The molecule has 27 heavy (non-hydrogen) atoms. The molecule has 0 atom stereocenters. The van der Waals surface area contributed by atoms with Crippen molar-refractivity contribution in [2.45, 2.75) is 11.8 Å². The molecule has 0 bridgehead atoms. The Bertz CT molecular complexity index is 1060. The van der Waals surface area contributed by atoms with Crippen molar-refractivity contribution < 1.29 is 17.6 Å². The van der Waals surface area contributed by atoms with Crippen LogP contribution in [0.3, 0.4) is 0 Å². The largest absolute Gasteiger partial charge is 0.459 e. The number of benzene rings is 2. The van der Waals surface area contributed by atoms with E-state index in [-0.39, 0.29) is 10.7 Å². The van der Waals surface area contributed by atoms with Gasteiger partial charge in [0.15, 0.2) is 5.76 Å². The number of nitrogens with one attached hydrogen (secondary N) is 2. The summed E-state index contributed by atoms with van der Waals surface area (Å²) in [6.45, 7) is 1.88. The van der Waals surface area contributed by atoms with Crippen molar-refractivity contribution in [1.82, 2.24) is 5.43 Å². The van der Waals surface area contributed by atoms with Gasteiger partial charge in [0.1, 0.15) is 0 Å². The fraction of sp³-hybridized carbons (Fsp3) is 0.0526. The minimum absolute atomic E-state index is 0.125. The number of furan rings is 1. The van der Waals surface area contributed by atoms with Gasteiger partial charge in [0.2, 0.25) is 0 Å². The molecule has 0 fully saturated rings. The minimum Gasteiger partial charge on any atom is -0.459 e. The molecule has 0 unspecified atom stereocenters. The van der Waals surface area contributed by atoms with Gasteiger partial charge in [-0.25, -0.2) is 13.8 Å². The molecule has 0 aliphatic carbocycles. The first-order chi connectivity index (χ1) is 13.0. The average Bonchev–Trinajstić information content (AvgIpc) is 3.18. The number of carbonyl (C=O) groups is 1. The second-order valence-electron chi connectivity index (χ2n) is 5.68. The average molecular weight is 383 g/mol. The van der Waals surface area contributed by atoms with Crippen molar-refractivity contribution >= 4 is 27.8 Å². The summed E-state index contributed by atoms with van der Waals surface area (Å²) in [4.78, 5) is 12.0. The Kier molecular flexibility index (Phi) is 5.37. The number of rotatable bonds is 6. The van der Waals surface area contributed by atoms with Crippen LogP contribution in [0.25, 0.3) is 0 Å². The predicted octanol–water partition coefficient (Wildman–Crippen LogP) is 3.15. The van der Waals surface area contributed by atoms with E-state index in [1.54, 1.807) is 42.5 Å². The fourth-order valence-electron chi connectivity index (χ4n) is 2.25. The normalized spacial score (nSPS) is 11.4. The van der Waals surface area contributed by atoms with Gasteiger partial charge in [-0.15, -0.1) is 0 Å². The fourth-order valence-corrected chi connectivity index (χ4v) is 3.33. The van der Waals surface area contributed by atoms with Gasteiger partial charge in [-0.05, 0) is 37.3 Å². The maximum atomic E-state index is 12.6. The molecule has 1 heterocycles. The number of hydrazone groups is 1. The lowest BCUT2D eigenvalue weighted by atomic mass is 10.2. The van der Waals surface area contributed by atoms with Crippen LogP contribution >= 0.6 is 0 Å². The zero-order valence-corrected chi connectivity index (χ0v) is 15.2. The molecule has 8 heteroatoms. The van der Waals surface area contributed by atoms with Crippen LogP contribution in [0.15, 0.2) is 81.3 Å². The first kappa shape index (κ1) is 18.4. The number of carbonyl (C=O) groups excluding carboxylic acids is 1. The topological polar surface area (TPSA) is 101 Å². The van der Waals surface area contributed by atoms with E-state index >= 15 is 0 Å². The first-order valence-electron chi connectivity index (χ1n) is 8.01. The summed E-state index contributed by atoms with van der Waals surface area (Å²) < 4.78 is 32.6. The van der Waals surface area contributed by atoms with E-state index in [0.29, 0.717) is 11.3 Å². The van der Waals surface area contributed by atoms with Crippen molar-refractivity contribution in [3.05, 3.63) is 83.8 Å². The van der Waals surface area contributed by atoms with Gasteiger partial charge in [-0.1, -0.05) is 35.9 Å². The standard InChI is InChI=1S/C19H17N3O4S/c1-14-8-10-16(11-9-14)27(24,25)22-17-6-3-2-5-15(17)13-20-21-19(23)18-7-4-12-26-18/h2-13,22H,1H3,(H,21,23)/b20-13+. The highest BCUT2D eigenvalue weighted by atomic mass is 32.2. The summed E-state index contributed by atoms with van der Waals surface area (Å²) in [6, 6.07) is 16.4. The van der Waals surface area contributed by atoms with Crippen molar-refractivity contribution in [2.75, 3.05) is 4.72 Å². The SMILES string of the molecule is Cc1ccc(S(=O)(=O)Nc2ccccc2/C=N/NC(=O)c2ccco2)cc1. The van der Waals surface area contributed by atoms with Crippen molar-refractivity contribution in [3.63, 3.8) is 0 Å². The minimum atomic E-state index is -3.74. The molecule has 2 aromatic carbocycles. The summed E-state index contributed by atoms with van der Waals surface area (Å²) in [5.41, 5.74) is 4.12. The monoisotopic (exact) mass is 383 g/mol. The summed E-state index contributed by atoms with van der Waals surface area (Å²) in [5, 5.41) is 3.85. The number of para-hydroxylation sites is 1. The van der Waals surface area contributed by atoms with E-state index in [4.69, 9.17) is 4.42 Å². The molecule has 0 spiro atoms. The number of amides is 1. The second kappa shape index (κ2) is 7.88. The lowest BCUT2D eigenvalue weighted by molar-refractivity contribution is 0.0927. The van der Waals surface area contributed by atoms with E-state index in [1.807, 2.05) is 6.92 Å². The van der Waals surface area contributed by atoms with Crippen LogP contribution in [0.1, 0.15) is 21.7 Å². The van der Waals surface area contributed by atoms with Gasteiger partial charge >= 0.3 is 5.91 Å². The molecule has 1 aromatic heterocycles. The van der Waals surface area contributed by atoms with Gasteiger partial charge in [0.05, 0.1) is 23.1 Å². The highest BCUT2D eigenvalue weighted by Gasteiger charge is 2.15. The molecule has 138 valence electrons. The molecule has 0 radical (unpaired) electrons. The molecule has 3 aromatic rings. The van der Waals surface area contributed by atoms with Gasteiger partial charge in [-0.3, -0.25) is 9.52 Å². The summed E-state index contributed by atoms with van der Waals surface area (Å²) in [5.74, 6) is -0.380. The molecular weight excluding hydrogens is 366 g/mol. The van der Waals surface area contributed by atoms with E-state index in [9.17, 15) is 13.2 Å². The third kappa shape index (κ3) is 4.62. The van der Waals surface area contributed by atoms with E-state index < -0.39 is 15.9 Å². The summed E-state index contributed by atoms with van der Waals surface area (Å²) in [7, 11) is -3.74. The maximum Gasteiger partial charge on any atom is 0.307 e. The third-order valence-corrected chi connectivity index (χ3v) is 5.03. The van der Waals surface area contributed by atoms with Crippen LogP contribution in [-0.4, -0.2) is 20.5 Å². The Labute approximate surface area is 156 Å². The number of hydrogen-bond acceptors (Lipinski definition) is 5. The maximum absolute atomic E-state index is 12.6. The van der Waals surface area contributed by atoms with Crippen molar-refractivity contribution in [2.24, 2.45) is 5.10 Å². The van der Waals surface area contributed by atoms with Gasteiger partial charge < -0.3 is 4.42 Å². The molecular formula is C19H17N3O4S. The quantitative estimate of drug-likeness (QED) is 0.504. The Balaban J connectivity index is 1.76. The number of hydrogen-bond donors (Lipinski definition) is 2. The zero-order chi connectivity index (χ0) is 19.3.